The normalized spacial score (nSPS) is 28.8. The molecule has 1 fully saturated rings. The lowest BCUT2D eigenvalue weighted by molar-refractivity contribution is 0.0257. The fraction of sp³-hybridized carbons (Fsp3) is 0.556. The summed E-state index contributed by atoms with van der Waals surface area (Å²) in [5.74, 6) is 1.14. The Bertz CT molecular complexity index is 855. The zero-order valence-corrected chi connectivity index (χ0v) is 18.5. The van der Waals surface area contributed by atoms with Gasteiger partial charge in [-0.3, -0.25) is 0 Å². The Kier molecular flexibility index (Phi) is 5.59. The van der Waals surface area contributed by atoms with Crippen molar-refractivity contribution in [3.05, 3.63) is 70.5 Å². The number of hydrogen-bond donors (Lipinski definition) is 1. The van der Waals surface area contributed by atoms with Gasteiger partial charge in [-0.2, -0.15) is 0 Å². The molecule has 2 aromatic rings. The smallest absolute Gasteiger partial charge is 0.123 e. The molecule has 2 aliphatic rings. The molecule has 2 aromatic carbocycles. The molecule has 0 unspecified atom stereocenters. The predicted octanol–water partition coefficient (Wildman–Crippen LogP) is 6.75. The summed E-state index contributed by atoms with van der Waals surface area (Å²) < 4.78 is 13.2. The van der Waals surface area contributed by atoms with Gasteiger partial charge in [0.1, 0.15) is 5.82 Å². The molecule has 29 heavy (non-hydrogen) atoms. The molecule has 0 amide bonds. The summed E-state index contributed by atoms with van der Waals surface area (Å²) in [6.07, 6.45) is 6.40. The molecule has 2 aliphatic carbocycles. The van der Waals surface area contributed by atoms with Crippen molar-refractivity contribution in [2.45, 2.75) is 77.7 Å². The van der Waals surface area contributed by atoms with E-state index in [0.717, 1.165) is 18.7 Å². The fourth-order valence-electron chi connectivity index (χ4n) is 6.31. The van der Waals surface area contributed by atoms with Gasteiger partial charge >= 0.3 is 0 Å². The first kappa shape index (κ1) is 20.6. The maximum atomic E-state index is 13.2. The van der Waals surface area contributed by atoms with Gasteiger partial charge in [0.15, 0.2) is 0 Å². The molecular weight excluding hydrogens is 357 g/mol. The summed E-state index contributed by atoms with van der Waals surface area (Å²) in [7, 11) is 0. The van der Waals surface area contributed by atoms with Crippen LogP contribution in [0, 0.1) is 17.2 Å². The molecular formula is C27H36FN. The van der Waals surface area contributed by atoms with E-state index in [2.05, 4.69) is 51.2 Å². The van der Waals surface area contributed by atoms with Crippen molar-refractivity contribution >= 4 is 0 Å². The predicted molar refractivity (Wildman–Crippen MR) is 120 cm³/mol. The van der Waals surface area contributed by atoms with Crippen LogP contribution < -0.4 is 5.32 Å². The summed E-state index contributed by atoms with van der Waals surface area (Å²) in [5.41, 5.74) is 6.44. The van der Waals surface area contributed by atoms with Crippen LogP contribution in [-0.4, -0.2) is 6.54 Å². The van der Waals surface area contributed by atoms with Gasteiger partial charge in [-0.05, 0) is 82.7 Å². The highest BCUT2D eigenvalue weighted by molar-refractivity contribution is 5.42. The van der Waals surface area contributed by atoms with E-state index in [9.17, 15) is 4.39 Å². The average molecular weight is 394 g/mol. The van der Waals surface area contributed by atoms with Gasteiger partial charge in [-0.15, -0.1) is 0 Å². The Morgan fingerprint density at radius 3 is 2.55 bits per heavy atom. The summed E-state index contributed by atoms with van der Waals surface area (Å²) in [5, 5.41) is 3.71. The monoisotopic (exact) mass is 393 g/mol. The average Bonchev–Trinajstić information content (AvgIpc) is 2.69. The van der Waals surface area contributed by atoms with E-state index in [1.165, 1.54) is 37.7 Å². The van der Waals surface area contributed by atoms with Gasteiger partial charge in [0.25, 0.3) is 0 Å². The number of fused-ring (bicyclic) bond motifs is 3. The van der Waals surface area contributed by atoms with Crippen LogP contribution in [0.5, 0.6) is 0 Å². The van der Waals surface area contributed by atoms with E-state index in [0.29, 0.717) is 17.3 Å². The van der Waals surface area contributed by atoms with Crippen LogP contribution in [0.25, 0.3) is 0 Å². The molecule has 0 spiro atoms. The lowest BCUT2D eigenvalue weighted by Crippen LogP contribution is -2.52. The van der Waals surface area contributed by atoms with Crippen molar-refractivity contribution in [3.63, 3.8) is 0 Å². The van der Waals surface area contributed by atoms with Crippen LogP contribution in [0.2, 0.25) is 0 Å². The highest BCUT2D eigenvalue weighted by Gasteiger charge is 2.51. The van der Waals surface area contributed by atoms with Crippen LogP contribution in [-0.2, 0) is 18.4 Å². The van der Waals surface area contributed by atoms with Crippen LogP contribution in [0.15, 0.2) is 42.5 Å². The van der Waals surface area contributed by atoms with Crippen molar-refractivity contribution in [1.29, 1.82) is 0 Å². The molecule has 0 aliphatic heterocycles. The molecule has 1 nitrogen and oxygen atoms in total. The number of rotatable bonds is 5. The van der Waals surface area contributed by atoms with Crippen molar-refractivity contribution in [1.82, 2.24) is 5.32 Å². The summed E-state index contributed by atoms with van der Waals surface area (Å²) in [4.78, 5) is 0. The topological polar surface area (TPSA) is 12.0 Å². The third-order valence-corrected chi connectivity index (χ3v) is 7.94. The van der Waals surface area contributed by atoms with Crippen molar-refractivity contribution < 1.29 is 4.39 Å². The second-order valence-electron chi connectivity index (χ2n) is 10.3. The largest absolute Gasteiger partial charge is 0.312 e. The SMILES string of the molecule is CC(C)c1ccc2c(c1)CC[C@@H]1[C@](C)(CNCc3ccc(F)cc3)CCC[C@@]21C. The molecule has 0 radical (unpaired) electrons. The van der Waals surface area contributed by atoms with E-state index >= 15 is 0 Å². The van der Waals surface area contributed by atoms with E-state index in [1.807, 2.05) is 12.1 Å². The first-order chi connectivity index (χ1) is 13.8. The Morgan fingerprint density at radius 1 is 1.07 bits per heavy atom. The van der Waals surface area contributed by atoms with Crippen LogP contribution in [0.4, 0.5) is 4.39 Å². The highest BCUT2D eigenvalue weighted by Crippen LogP contribution is 2.57. The minimum Gasteiger partial charge on any atom is -0.312 e. The van der Waals surface area contributed by atoms with Gasteiger partial charge in [-0.1, -0.05) is 64.4 Å². The number of aryl methyl sites for hydroxylation is 1. The van der Waals surface area contributed by atoms with Gasteiger partial charge in [-0.25, -0.2) is 4.39 Å². The maximum absolute atomic E-state index is 13.2. The third-order valence-electron chi connectivity index (χ3n) is 7.94. The number of halogens is 1. The number of nitrogens with one attached hydrogen (secondary N) is 1. The highest BCUT2D eigenvalue weighted by atomic mass is 19.1. The number of benzene rings is 2. The summed E-state index contributed by atoms with van der Waals surface area (Å²) in [6, 6.07) is 14.2. The van der Waals surface area contributed by atoms with Crippen LogP contribution >= 0.6 is 0 Å². The van der Waals surface area contributed by atoms with Crippen molar-refractivity contribution in [3.8, 4) is 0 Å². The molecule has 0 aromatic heterocycles. The van der Waals surface area contributed by atoms with Gasteiger partial charge in [0.05, 0.1) is 0 Å². The minimum atomic E-state index is -0.162. The Balaban J connectivity index is 1.52. The quantitative estimate of drug-likeness (QED) is 0.592. The fourth-order valence-corrected chi connectivity index (χ4v) is 6.31. The van der Waals surface area contributed by atoms with Gasteiger partial charge in [0.2, 0.25) is 0 Å². The zero-order chi connectivity index (χ0) is 20.6. The van der Waals surface area contributed by atoms with E-state index in [1.54, 1.807) is 23.3 Å². The maximum Gasteiger partial charge on any atom is 0.123 e. The second kappa shape index (κ2) is 7.87. The Morgan fingerprint density at radius 2 is 1.83 bits per heavy atom. The first-order valence-corrected chi connectivity index (χ1v) is 11.4. The van der Waals surface area contributed by atoms with Gasteiger partial charge < -0.3 is 5.32 Å². The first-order valence-electron chi connectivity index (χ1n) is 11.4. The van der Waals surface area contributed by atoms with Crippen molar-refractivity contribution in [2.75, 3.05) is 6.54 Å². The molecule has 4 rings (SSSR count). The van der Waals surface area contributed by atoms with Gasteiger partial charge in [0, 0.05) is 13.1 Å². The molecule has 1 N–H and O–H groups in total. The molecule has 0 bridgehead atoms. The number of hydrogen-bond acceptors (Lipinski definition) is 1. The molecule has 156 valence electrons. The third kappa shape index (κ3) is 3.89. The minimum absolute atomic E-state index is 0.162. The molecule has 2 heteroatoms. The molecule has 0 saturated heterocycles. The summed E-state index contributed by atoms with van der Waals surface area (Å²) in [6.45, 7) is 11.5. The summed E-state index contributed by atoms with van der Waals surface area (Å²) >= 11 is 0. The van der Waals surface area contributed by atoms with E-state index in [-0.39, 0.29) is 11.2 Å². The van der Waals surface area contributed by atoms with Crippen molar-refractivity contribution in [2.24, 2.45) is 11.3 Å². The van der Waals surface area contributed by atoms with Crippen LogP contribution in [0.3, 0.4) is 0 Å². The lowest BCUT2D eigenvalue weighted by atomic mass is 9.49. The lowest BCUT2D eigenvalue weighted by Gasteiger charge is -2.55. The Labute approximate surface area is 176 Å². The molecule has 0 heterocycles. The van der Waals surface area contributed by atoms with E-state index in [4.69, 9.17) is 0 Å². The molecule has 1 saturated carbocycles. The van der Waals surface area contributed by atoms with Crippen LogP contribution in [0.1, 0.15) is 81.5 Å². The standard InChI is InChI=1S/C27H36FN/c1-19(2)21-8-12-24-22(16-21)9-13-25-26(3,14-5-15-27(24,25)4)18-29-17-20-6-10-23(28)11-7-20/h6-8,10-12,16,19,25,29H,5,9,13-15,17-18H2,1-4H3/t25-,26+,27+/m1/s1. The van der Waals surface area contributed by atoms with E-state index < -0.39 is 0 Å². The second-order valence-corrected chi connectivity index (χ2v) is 10.3. The Hall–Kier alpha value is -1.67. The molecule has 3 atom stereocenters. The zero-order valence-electron chi connectivity index (χ0n) is 18.5.